The van der Waals surface area contributed by atoms with Gasteiger partial charge < -0.3 is 26.4 Å². The normalized spacial score (nSPS) is 28.0. The number of carbonyl (C=O) groups excluding carboxylic acids is 1. The third-order valence-electron chi connectivity index (χ3n) is 4.45. The zero-order valence-electron chi connectivity index (χ0n) is 15.8. The van der Waals surface area contributed by atoms with Crippen LogP contribution >= 0.6 is 11.6 Å². The van der Waals surface area contributed by atoms with Crippen LogP contribution in [-0.2, 0) is 24.0 Å². The average Bonchev–Trinajstić information content (AvgIpc) is 3.12. The summed E-state index contributed by atoms with van der Waals surface area (Å²) in [7, 11) is -4.52. The molecule has 7 N–H and O–H groups in total. The predicted octanol–water partition coefficient (Wildman–Crippen LogP) is -2.20. The second-order valence-corrected chi connectivity index (χ2v) is 8.58. The van der Waals surface area contributed by atoms with Crippen LogP contribution in [-0.4, -0.2) is 74.5 Å². The number of hydrogen-bond donors (Lipinski definition) is 5. The number of nitrogens with one attached hydrogen (secondary N) is 1. The molecule has 0 aromatic carbocycles. The van der Waals surface area contributed by atoms with Gasteiger partial charge in [0.15, 0.2) is 17.7 Å². The summed E-state index contributed by atoms with van der Waals surface area (Å²) in [4.78, 5) is 23.3. The van der Waals surface area contributed by atoms with E-state index in [1.54, 1.807) is 4.72 Å². The van der Waals surface area contributed by atoms with Gasteiger partial charge in [0.05, 0.1) is 19.0 Å². The van der Waals surface area contributed by atoms with Crippen LogP contribution in [0.1, 0.15) is 20.1 Å². The van der Waals surface area contributed by atoms with Gasteiger partial charge in [0, 0.05) is 0 Å². The first-order valence-electron chi connectivity index (χ1n) is 8.51. The molecule has 5 atom stereocenters. The molecule has 0 bridgehead atoms. The number of nitrogens with two attached hydrogens (primary N) is 2. The number of hydrogen-bond acceptors (Lipinski definition) is 12. The number of carbonyl (C=O) groups is 1. The molecular formula is C14H20ClN7O7S. The van der Waals surface area contributed by atoms with Crippen molar-refractivity contribution in [3.8, 4) is 0 Å². The van der Waals surface area contributed by atoms with Crippen LogP contribution in [0.4, 0.5) is 5.82 Å². The number of imidazole rings is 1. The Morgan fingerprint density at radius 2 is 2.20 bits per heavy atom. The summed E-state index contributed by atoms with van der Waals surface area (Å²) in [6.45, 7) is 1.85. The minimum absolute atomic E-state index is 0.00205. The maximum absolute atomic E-state index is 11.9. The van der Waals surface area contributed by atoms with Crippen molar-refractivity contribution in [3.63, 3.8) is 0 Å². The molecule has 2 aromatic rings. The summed E-state index contributed by atoms with van der Waals surface area (Å²) in [6, 6.07) is -1.09. The number of fused-ring (bicyclic) bond motifs is 1. The average molecular weight is 466 g/mol. The fourth-order valence-corrected chi connectivity index (χ4v) is 3.84. The molecule has 3 heterocycles. The molecule has 0 unspecified atom stereocenters. The second-order valence-electron chi connectivity index (χ2n) is 6.89. The van der Waals surface area contributed by atoms with Gasteiger partial charge in [-0.15, -0.1) is 0 Å². The molecule has 0 aliphatic carbocycles. The van der Waals surface area contributed by atoms with Crippen molar-refractivity contribution in [1.29, 1.82) is 0 Å². The first-order chi connectivity index (χ1) is 13.8. The standard InChI is InChI=1S/C14H20ClN7O7S/c1-5(16)11(24)21-30(26,27)28-3-6-8(23)14(2,25)12(29-6)22-4-18-7-9(17)19-13(15)20-10(7)22/h4-6,8,12,23,25H,3,16H2,1-2H3,(H,21,24)(H2,17,19,20)/t5-,6+,8+,12+,14+/m0/s1. The lowest BCUT2D eigenvalue weighted by Gasteiger charge is -2.27. The third kappa shape index (κ3) is 4.18. The zero-order chi connectivity index (χ0) is 22.4. The fraction of sp³-hybridized carbons (Fsp3) is 0.571. The molecule has 2 aromatic heterocycles. The van der Waals surface area contributed by atoms with Gasteiger partial charge in [-0.3, -0.25) is 13.5 Å². The number of nitrogens with zero attached hydrogens (tertiary/aromatic N) is 4. The van der Waals surface area contributed by atoms with Gasteiger partial charge in [0.2, 0.25) is 5.28 Å². The van der Waals surface area contributed by atoms with Crippen LogP contribution in [0.15, 0.2) is 6.33 Å². The molecule has 1 saturated heterocycles. The van der Waals surface area contributed by atoms with E-state index in [-0.39, 0.29) is 22.3 Å². The highest BCUT2D eigenvalue weighted by Crippen LogP contribution is 2.40. The molecule has 16 heteroatoms. The summed E-state index contributed by atoms with van der Waals surface area (Å²) in [5.41, 5.74) is 9.45. The predicted molar refractivity (Wildman–Crippen MR) is 102 cm³/mol. The largest absolute Gasteiger partial charge is 0.387 e. The Morgan fingerprint density at radius 3 is 2.83 bits per heavy atom. The number of aromatic nitrogens is 4. The first kappa shape index (κ1) is 22.5. The van der Waals surface area contributed by atoms with Gasteiger partial charge in [-0.2, -0.15) is 18.4 Å². The maximum atomic E-state index is 11.9. The van der Waals surface area contributed by atoms with Crippen molar-refractivity contribution in [1.82, 2.24) is 24.2 Å². The summed E-state index contributed by atoms with van der Waals surface area (Å²) in [5, 5.41) is 21.1. The Hall–Kier alpha value is -2.14. The monoisotopic (exact) mass is 465 g/mol. The SMILES string of the molecule is C[C@H](N)C(=O)NS(=O)(=O)OC[C@H]1O[C@@H](n2cnc3c(N)nc(Cl)nc32)[C@](C)(O)[C@@H]1O. The molecule has 1 amide bonds. The molecule has 166 valence electrons. The summed E-state index contributed by atoms with van der Waals surface area (Å²) >= 11 is 5.83. The number of halogens is 1. The van der Waals surface area contributed by atoms with Crippen LogP contribution in [0, 0.1) is 0 Å². The van der Waals surface area contributed by atoms with E-state index in [4.69, 9.17) is 27.8 Å². The maximum Gasteiger partial charge on any atom is 0.362 e. The van der Waals surface area contributed by atoms with Crippen molar-refractivity contribution in [2.45, 2.75) is 43.9 Å². The van der Waals surface area contributed by atoms with Crippen molar-refractivity contribution in [2.24, 2.45) is 5.73 Å². The number of rotatable bonds is 6. The number of aliphatic hydroxyl groups is 2. The summed E-state index contributed by atoms with van der Waals surface area (Å²) < 4.78 is 36.9. The van der Waals surface area contributed by atoms with Crippen molar-refractivity contribution < 1.29 is 32.3 Å². The molecule has 1 aliphatic heterocycles. The topological polar surface area (TPSA) is 218 Å². The molecule has 1 fully saturated rings. The van der Waals surface area contributed by atoms with Crippen LogP contribution < -0.4 is 16.2 Å². The van der Waals surface area contributed by atoms with E-state index in [0.717, 1.165) is 0 Å². The number of amides is 1. The van der Waals surface area contributed by atoms with Crippen LogP contribution in [0.5, 0.6) is 0 Å². The fourth-order valence-electron chi connectivity index (χ4n) is 2.86. The van der Waals surface area contributed by atoms with E-state index in [0.29, 0.717) is 0 Å². The van der Waals surface area contributed by atoms with E-state index in [1.807, 2.05) is 0 Å². The lowest BCUT2D eigenvalue weighted by molar-refractivity contribution is -0.120. The summed E-state index contributed by atoms with van der Waals surface area (Å²) in [6.07, 6.45) is -2.87. The summed E-state index contributed by atoms with van der Waals surface area (Å²) in [5.74, 6) is -0.982. The zero-order valence-corrected chi connectivity index (χ0v) is 17.3. The van der Waals surface area contributed by atoms with E-state index < -0.39 is 52.9 Å². The highest BCUT2D eigenvalue weighted by Gasteiger charge is 2.54. The van der Waals surface area contributed by atoms with Crippen molar-refractivity contribution in [2.75, 3.05) is 12.3 Å². The molecule has 0 saturated carbocycles. The molecule has 1 aliphatic rings. The van der Waals surface area contributed by atoms with Gasteiger partial charge in [-0.1, -0.05) is 0 Å². The van der Waals surface area contributed by atoms with E-state index in [2.05, 4.69) is 19.1 Å². The van der Waals surface area contributed by atoms with E-state index >= 15 is 0 Å². The minimum atomic E-state index is -4.52. The molecule has 30 heavy (non-hydrogen) atoms. The Morgan fingerprint density at radius 1 is 1.53 bits per heavy atom. The molecule has 0 spiro atoms. The van der Waals surface area contributed by atoms with Crippen molar-refractivity contribution >= 4 is 44.8 Å². The number of aliphatic hydroxyl groups excluding tert-OH is 1. The van der Waals surface area contributed by atoms with Gasteiger partial charge in [0.25, 0.3) is 5.91 Å². The highest BCUT2D eigenvalue weighted by molar-refractivity contribution is 7.85. The Kier molecular flexibility index (Phi) is 5.89. The number of nitrogen functional groups attached to an aromatic ring is 1. The number of ether oxygens (including phenoxy) is 1. The second kappa shape index (κ2) is 7.84. The molecular weight excluding hydrogens is 446 g/mol. The highest BCUT2D eigenvalue weighted by atomic mass is 35.5. The molecule has 14 nitrogen and oxygen atoms in total. The molecule has 0 radical (unpaired) electrons. The van der Waals surface area contributed by atoms with Crippen LogP contribution in [0.3, 0.4) is 0 Å². The first-order valence-corrected chi connectivity index (χ1v) is 10.3. The van der Waals surface area contributed by atoms with Gasteiger partial charge in [-0.25, -0.2) is 9.71 Å². The third-order valence-corrected chi connectivity index (χ3v) is 5.52. The molecule has 3 rings (SSSR count). The quantitative estimate of drug-likeness (QED) is 0.287. The van der Waals surface area contributed by atoms with Gasteiger partial charge in [0.1, 0.15) is 23.3 Å². The Balaban J connectivity index is 1.81. The van der Waals surface area contributed by atoms with E-state index in [9.17, 15) is 23.4 Å². The minimum Gasteiger partial charge on any atom is -0.387 e. The Labute approximate surface area is 175 Å². The van der Waals surface area contributed by atoms with Crippen LogP contribution in [0.2, 0.25) is 5.28 Å². The van der Waals surface area contributed by atoms with Crippen LogP contribution in [0.25, 0.3) is 11.2 Å². The van der Waals surface area contributed by atoms with Crippen molar-refractivity contribution in [3.05, 3.63) is 11.6 Å². The smallest absolute Gasteiger partial charge is 0.362 e. The number of anilines is 1. The van der Waals surface area contributed by atoms with E-state index in [1.165, 1.54) is 24.7 Å². The van der Waals surface area contributed by atoms with Gasteiger partial charge >= 0.3 is 10.3 Å². The Bertz CT molecular complexity index is 1070. The lowest BCUT2D eigenvalue weighted by Crippen LogP contribution is -2.46. The lowest BCUT2D eigenvalue weighted by atomic mass is 9.96. The van der Waals surface area contributed by atoms with Gasteiger partial charge in [-0.05, 0) is 25.4 Å².